The van der Waals surface area contributed by atoms with E-state index >= 15 is 0 Å². The quantitative estimate of drug-likeness (QED) is 0.136. The Bertz CT molecular complexity index is 7930. The van der Waals surface area contributed by atoms with Crippen LogP contribution in [0.1, 0.15) is 25.0 Å². The van der Waals surface area contributed by atoms with Gasteiger partial charge in [-0.25, -0.2) is 29.9 Å². The Morgan fingerprint density at radius 1 is 0.216 bits per heavy atom. The molecule has 0 N–H and O–H groups in total. The van der Waals surface area contributed by atoms with E-state index in [0.29, 0.717) is 34.9 Å². The minimum atomic E-state index is -0.147. The van der Waals surface area contributed by atoms with E-state index < -0.39 is 0 Å². The van der Waals surface area contributed by atoms with Crippen molar-refractivity contribution in [2.24, 2.45) is 0 Å². The second-order valence-electron chi connectivity index (χ2n) is 30.3. The molecule has 16 aromatic carbocycles. The van der Waals surface area contributed by atoms with Gasteiger partial charge in [-0.3, -0.25) is 0 Å². The van der Waals surface area contributed by atoms with E-state index in [2.05, 4.69) is 351 Å². The predicted molar refractivity (Wildman–Crippen MR) is 488 cm³/mol. The molecule has 0 amide bonds. The lowest BCUT2D eigenvalue weighted by atomic mass is 9.82. The SMILES string of the molecule is CC1(C)c2ccccc2-c2ccc(-c3nc(-c4ccccc4)nc(-c4ccccc4-n4c5ccccc5c5c6sc7c(-c8ccccc8)cccc7c6ccc54)n3)cc21.c1ccc(-c2nc(-c3ccc4c(c3)sc3ccccc34)nc(-c3ccccc3-n3c4ccccc4c4c5sc6c(-c7ccccc7)cccc6c5ccc43)n2)cc1. The first-order valence-electron chi connectivity index (χ1n) is 39.1. The summed E-state index contributed by atoms with van der Waals surface area (Å²) in [5.41, 5.74) is 22.4. The molecule has 0 saturated carbocycles. The number of hydrogen-bond donors (Lipinski definition) is 0. The van der Waals surface area contributed by atoms with E-state index in [1.807, 2.05) is 59.1 Å². The molecular formula is C105H66N8S3. The van der Waals surface area contributed by atoms with Crippen molar-refractivity contribution < 1.29 is 0 Å². The molecule has 116 heavy (non-hydrogen) atoms. The summed E-state index contributed by atoms with van der Waals surface area (Å²) in [5, 5.41) is 12.6. The van der Waals surface area contributed by atoms with E-state index in [0.717, 1.165) is 66.8 Å². The van der Waals surface area contributed by atoms with Gasteiger partial charge in [-0.2, -0.15) is 0 Å². The van der Waals surface area contributed by atoms with Crippen LogP contribution in [0, 0.1) is 0 Å². The second kappa shape index (κ2) is 27.0. The lowest BCUT2D eigenvalue weighted by Crippen LogP contribution is -2.15. The highest BCUT2D eigenvalue weighted by molar-refractivity contribution is 7.28. The summed E-state index contributed by atoms with van der Waals surface area (Å²) >= 11 is 5.59. The van der Waals surface area contributed by atoms with Gasteiger partial charge in [-0.15, -0.1) is 34.0 Å². The highest BCUT2D eigenvalue weighted by Gasteiger charge is 2.36. The molecule has 0 bridgehead atoms. The highest BCUT2D eigenvalue weighted by Crippen LogP contribution is 2.52. The minimum absolute atomic E-state index is 0.147. The van der Waals surface area contributed by atoms with Gasteiger partial charge in [-0.05, 0) is 111 Å². The Balaban J connectivity index is 0.000000137. The molecule has 0 aliphatic heterocycles. The van der Waals surface area contributed by atoms with Crippen LogP contribution in [-0.4, -0.2) is 39.0 Å². The molecule has 1 aliphatic carbocycles. The largest absolute Gasteiger partial charge is 0.308 e. The summed E-state index contributed by atoms with van der Waals surface area (Å²) in [6.07, 6.45) is 0. The predicted octanol–water partition coefficient (Wildman–Crippen LogP) is 28.7. The maximum absolute atomic E-state index is 5.34. The molecule has 23 aromatic rings. The first-order chi connectivity index (χ1) is 57.3. The molecule has 24 rings (SSSR count). The topological polar surface area (TPSA) is 87.2 Å². The molecule has 1 aliphatic rings. The van der Waals surface area contributed by atoms with E-state index in [4.69, 9.17) is 29.9 Å². The molecule has 0 spiro atoms. The number of hydrogen-bond acceptors (Lipinski definition) is 9. The smallest absolute Gasteiger partial charge is 0.166 e. The Kier molecular flexibility index (Phi) is 15.7. The van der Waals surface area contributed by atoms with Gasteiger partial charge < -0.3 is 9.13 Å². The third-order valence-corrected chi connectivity index (χ3v) is 27.0. The number of para-hydroxylation sites is 4. The third-order valence-electron chi connectivity index (χ3n) is 23.4. The fourth-order valence-electron chi connectivity index (χ4n) is 17.9. The van der Waals surface area contributed by atoms with Crippen LogP contribution in [0.3, 0.4) is 0 Å². The summed E-state index contributed by atoms with van der Waals surface area (Å²) in [4.78, 5) is 31.4. The van der Waals surface area contributed by atoms with Crippen molar-refractivity contribution in [1.82, 2.24) is 39.0 Å². The molecule has 544 valence electrons. The van der Waals surface area contributed by atoms with Crippen molar-refractivity contribution in [3.8, 4) is 113 Å². The number of thiophene rings is 3. The summed E-state index contributed by atoms with van der Waals surface area (Å²) < 4.78 is 12.5. The van der Waals surface area contributed by atoms with E-state index in [1.54, 1.807) is 11.3 Å². The van der Waals surface area contributed by atoms with Gasteiger partial charge in [0, 0.05) is 121 Å². The van der Waals surface area contributed by atoms with Crippen molar-refractivity contribution in [3.63, 3.8) is 0 Å². The van der Waals surface area contributed by atoms with Crippen LogP contribution in [0.4, 0.5) is 0 Å². The number of fused-ring (bicyclic) bond motifs is 20. The normalized spacial score (nSPS) is 12.5. The van der Waals surface area contributed by atoms with E-state index in [1.165, 1.54) is 127 Å². The van der Waals surface area contributed by atoms with Gasteiger partial charge in [-0.1, -0.05) is 311 Å². The van der Waals surface area contributed by atoms with Crippen molar-refractivity contribution in [3.05, 3.63) is 375 Å². The standard InChI is InChI=1S/C54H36N4S.C51H30N4S2/c1-54(2)43-25-12-9-20-37(43)38-29-28-35(32-44(38)54)52-55-51(34-18-7-4-8-19-34)56-53(57-52)42-22-11-14-27-46(42)58-45-26-13-10-21-41(45)48-47(58)31-30-40-39-24-15-23-36(49(39)59-50(40)48)33-16-5-3-6-17-33;1-3-14-31(15-4-1)34-21-13-22-37-38-28-29-43-46(48(38)57-47(34)37)39-19-7-10-23-41(39)55(43)42-24-11-8-20-40(42)51-53-49(32-16-5-2-6-17-32)52-50(54-51)33-26-27-36-35-18-9-12-25-44(35)56-45(36)30-33/h3-32H,1-2H3;1-30H. The van der Waals surface area contributed by atoms with Crippen molar-refractivity contribution in [2.45, 2.75) is 19.3 Å². The van der Waals surface area contributed by atoms with Crippen LogP contribution in [0.15, 0.2) is 364 Å². The van der Waals surface area contributed by atoms with Crippen LogP contribution in [0.2, 0.25) is 0 Å². The first kappa shape index (κ1) is 67.5. The fourth-order valence-corrected chi connectivity index (χ4v) is 21.9. The van der Waals surface area contributed by atoms with Gasteiger partial charge in [0.1, 0.15) is 0 Å². The Labute approximate surface area is 679 Å². The van der Waals surface area contributed by atoms with Gasteiger partial charge in [0.05, 0.1) is 33.4 Å². The molecule has 7 aromatic heterocycles. The molecule has 0 unspecified atom stereocenters. The molecule has 0 atom stereocenters. The highest BCUT2D eigenvalue weighted by atomic mass is 32.1. The fraction of sp³-hybridized carbons (Fsp3) is 0.0286. The number of aromatic nitrogens is 8. The van der Waals surface area contributed by atoms with Crippen LogP contribution >= 0.6 is 34.0 Å². The van der Waals surface area contributed by atoms with Gasteiger partial charge in [0.2, 0.25) is 0 Å². The van der Waals surface area contributed by atoms with Crippen molar-refractivity contribution in [1.29, 1.82) is 0 Å². The van der Waals surface area contributed by atoms with E-state index in [-0.39, 0.29) is 5.41 Å². The average Bonchev–Trinajstić information content (AvgIpc) is 1.56. The monoisotopic (exact) mass is 1530 g/mol. The number of benzene rings is 16. The van der Waals surface area contributed by atoms with Crippen molar-refractivity contribution >= 4 is 138 Å². The van der Waals surface area contributed by atoms with Gasteiger partial charge in [0.25, 0.3) is 0 Å². The molecule has 7 heterocycles. The number of rotatable bonds is 10. The maximum atomic E-state index is 5.34. The van der Waals surface area contributed by atoms with E-state index in [9.17, 15) is 0 Å². The van der Waals surface area contributed by atoms with Crippen molar-refractivity contribution in [2.75, 3.05) is 0 Å². The van der Waals surface area contributed by atoms with Crippen LogP contribution < -0.4 is 0 Å². The summed E-state index contributed by atoms with van der Waals surface area (Å²) in [6.45, 7) is 4.62. The average molecular weight is 1540 g/mol. The lowest BCUT2D eigenvalue weighted by molar-refractivity contribution is 0.660. The summed E-state index contributed by atoms with van der Waals surface area (Å²) in [6, 6.07) is 130. The third kappa shape index (κ3) is 10.8. The zero-order chi connectivity index (χ0) is 76.7. The molecule has 0 saturated heterocycles. The molecular weight excluding hydrogens is 1470 g/mol. The second-order valence-corrected chi connectivity index (χ2v) is 33.4. The Hall–Kier alpha value is -14.2. The maximum Gasteiger partial charge on any atom is 0.166 e. The first-order valence-corrected chi connectivity index (χ1v) is 41.6. The number of nitrogens with zero attached hydrogens (tertiary/aromatic N) is 8. The summed E-state index contributed by atoms with van der Waals surface area (Å²) in [5.74, 6) is 3.86. The molecule has 8 nitrogen and oxygen atoms in total. The van der Waals surface area contributed by atoms with Crippen LogP contribution in [-0.2, 0) is 5.41 Å². The zero-order valence-electron chi connectivity index (χ0n) is 62.9. The Morgan fingerprint density at radius 3 is 1.10 bits per heavy atom. The minimum Gasteiger partial charge on any atom is -0.308 e. The zero-order valence-corrected chi connectivity index (χ0v) is 65.4. The molecule has 11 heteroatoms. The lowest BCUT2D eigenvalue weighted by Gasteiger charge is -2.21. The molecule has 0 radical (unpaired) electrons. The summed E-state index contributed by atoms with van der Waals surface area (Å²) in [7, 11) is 0. The molecule has 0 fully saturated rings. The van der Waals surface area contributed by atoms with Gasteiger partial charge in [0.15, 0.2) is 34.9 Å². The van der Waals surface area contributed by atoms with Crippen LogP contribution in [0.5, 0.6) is 0 Å². The van der Waals surface area contributed by atoms with Crippen LogP contribution in [0.25, 0.3) is 217 Å². The van der Waals surface area contributed by atoms with Gasteiger partial charge >= 0.3 is 0 Å². The Morgan fingerprint density at radius 2 is 0.578 bits per heavy atom.